The van der Waals surface area contributed by atoms with Crippen molar-refractivity contribution in [3.05, 3.63) is 59.7 Å². The van der Waals surface area contributed by atoms with Gasteiger partial charge < -0.3 is 10.1 Å². The summed E-state index contributed by atoms with van der Waals surface area (Å²) in [5, 5.41) is 2.28. The Labute approximate surface area is 181 Å². The maximum atomic E-state index is 12.3. The monoisotopic (exact) mass is 468 g/mol. The molecule has 0 saturated heterocycles. The summed E-state index contributed by atoms with van der Waals surface area (Å²) in [5.41, 5.74) is 1.09. The molecule has 2 aromatic carbocycles. The first kappa shape index (κ1) is 24.4. The predicted octanol–water partition coefficient (Wildman–Crippen LogP) is 2.49. The van der Waals surface area contributed by atoms with Crippen LogP contribution in [0.5, 0.6) is 0 Å². The van der Waals surface area contributed by atoms with Crippen molar-refractivity contribution in [3.8, 4) is 0 Å². The first-order valence-electron chi connectivity index (χ1n) is 9.32. The molecule has 0 aliphatic heterocycles. The van der Waals surface area contributed by atoms with Crippen molar-refractivity contribution in [2.75, 3.05) is 23.9 Å². The lowest BCUT2D eigenvalue weighted by molar-refractivity contribution is 0.0501. The van der Waals surface area contributed by atoms with Gasteiger partial charge in [-0.1, -0.05) is 29.8 Å². The number of hydrogen-bond donors (Lipinski definition) is 2. The molecule has 2 N–H and O–H groups in total. The normalized spacial score (nSPS) is 11.5. The average molecular weight is 469 g/mol. The number of carbonyl (C=O) groups excluding carboxylic acids is 2. The van der Waals surface area contributed by atoms with Gasteiger partial charge in [-0.3, -0.25) is 0 Å². The van der Waals surface area contributed by atoms with Crippen LogP contribution in [-0.4, -0.2) is 47.5 Å². The summed E-state index contributed by atoms with van der Waals surface area (Å²) in [5.74, 6) is -0.797. The molecule has 2 aromatic rings. The molecule has 0 aliphatic rings. The Bertz CT molecular complexity index is 1140. The fourth-order valence-electron chi connectivity index (χ4n) is 2.59. The van der Waals surface area contributed by atoms with Crippen LogP contribution in [-0.2, 0) is 24.6 Å². The molecule has 0 aromatic heterocycles. The molecule has 0 unspecified atom stereocenters. The third kappa shape index (κ3) is 8.02. The van der Waals surface area contributed by atoms with Crippen molar-refractivity contribution in [1.29, 1.82) is 0 Å². The molecular weight excluding hydrogens is 444 g/mol. The molecule has 0 heterocycles. The lowest BCUT2D eigenvalue weighted by Crippen LogP contribution is -2.33. The molecule has 0 bridgehead atoms. The Morgan fingerprint density at radius 3 is 2.23 bits per heavy atom. The summed E-state index contributed by atoms with van der Waals surface area (Å²) in [6, 6.07) is 11.5. The lowest BCUT2D eigenvalue weighted by atomic mass is 10.2. The molecule has 0 fully saturated rings. The molecule has 168 valence electrons. The third-order valence-corrected chi connectivity index (χ3v) is 6.47. The van der Waals surface area contributed by atoms with Crippen LogP contribution < -0.4 is 10.0 Å². The molecule has 0 radical (unpaired) electrons. The molecule has 0 aliphatic carbocycles. The first-order chi connectivity index (χ1) is 14.5. The number of nitrogens with one attached hydrogen (secondary N) is 2. The zero-order chi connectivity index (χ0) is 23.1. The smallest absolute Gasteiger partial charge is 0.340 e. The van der Waals surface area contributed by atoms with E-state index >= 15 is 0 Å². The molecule has 2 amide bonds. The van der Waals surface area contributed by atoms with E-state index in [1.807, 2.05) is 6.92 Å². The van der Waals surface area contributed by atoms with Crippen LogP contribution in [0.25, 0.3) is 0 Å². The van der Waals surface area contributed by atoms with Crippen molar-refractivity contribution in [3.63, 3.8) is 0 Å². The van der Waals surface area contributed by atoms with E-state index in [0.717, 1.165) is 11.8 Å². The highest BCUT2D eigenvalue weighted by Crippen LogP contribution is 2.17. The van der Waals surface area contributed by atoms with Gasteiger partial charge in [-0.2, -0.15) is 0 Å². The largest absolute Gasteiger partial charge is 0.462 e. The van der Waals surface area contributed by atoms with Crippen molar-refractivity contribution in [2.45, 2.75) is 24.7 Å². The fraction of sp³-hybridized carbons (Fsp3) is 0.300. The number of benzene rings is 2. The standard InChI is InChI=1S/C20H24N2O7S2/c1-15-9-11-16(12-10-15)31(27,28)14-6-5-13-29-19(23)17-7-3-4-8-18(17)21-20(24)22-30(2,25)26/h3-4,7-12H,5-6,13-14H2,1-2H3,(H2,21,22,24). The van der Waals surface area contributed by atoms with Gasteiger partial charge in [-0.05, 0) is 44.0 Å². The molecule has 2 rings (SSSR count). The minimum absolute atomic E-state index is 0.00782. The van der Waals surface area contributed by atoms with E-state index in [-0.39, 0.29) is 28.5 Å². The number of para-hydroxylation sites is 1. The average Bonchev–Trinajstić information content (AvgIpc) is 2.66. The number of unbranched alkanes of at least 4 members (excludes halogenated alkanes) is 1. The fourth-order valence-corrected chi connectivity index (χ4v) is 4.34. The van der Waals surface area contributed by atoms with E-state index < -0.39 is 31.9 Å². The van der Waals surface area contributed by atoms with E-state index in [0.29, 0.717) is 12.8 Å². The summed E-state index contributed by atoms with van der Waals surface area (Å²) in [6.45, 7) is 1.86. The van der Waals surface area contributed by atoms with Crippen molar-refractivity contribution in [1.82, 2.24) is 4.72 Å². The highest BCUT2D eigenvalue weighted by molar-refractivity contribution is 7.91. The summed E-state index contributed by atoms with van der Waals surface area (Å²) < 4.78 is 53.8. The van der Waals surface area contributed by atoms with Crippen molar-refractivity contribution >= 4 is 37.5 Å². The van der Waals surface area contributed by atoms with Crippen LogP contribution in [0.15, 0.2) is 53.4 Å². The topological polar surface area (TPSA) is 136 Å². The maximum Gasteiger partial charge on any atom is 0.340 e. The number of amides is 2. The Morgan fingerprint density at radius 2 is 1.58 bits per heavy atom. The van der Waals surface area contributed by atoms with Crippen molar-refractivity contribution in [2.24, 2.45) is 0 Å². The summed E-state index contributed by atoms with van der Waals surface area (Å²) in [4.78, 5) is 24.3. The highest BCUT2D eigenvalue weighted by Gasteiger charge is 2.17. The Kier molecular flexibility index (Phi) is 8.17. The van der Waals surface area contributed by atoms with Crippen LogP contribution in [0.3, 0.4) is 0 Å². The van der Waals surface area contributed by atoms with E-state index in [1.165, 1.54) is 12.1 Å². The van der Waals surface area contributed by atoms with Gasteiger partial charge >= 0.3 is 12.0 Å². The summed E-state index contributed by atoms with van der Waals surface area (Å²) >= 11 is 0. The van der Waals surface area contributed by atoms with Gasteiger partial charge in [0, 0.05) is 0 Å². The van der Waals surface area contributed by atoms with E-state index in [9.17, 15) is 26.4 Å². The number of ether oxygens (including phenoxy) is 1. The minimum Gasteiger partial charge on any atom is -0.462 e. The molecule has 0 spiro atoms. The zero-order valence-corrected chi connectivity index (χ0v) is 18.8. The molecule has 0 atom stereocenters. The Morgan fingerprint density at radius 1 is 0.935 bits per heavy atom. The maximum absolute atomic E-state index is 12.3. The number of urea groups is 1. The molecule has 11 heteroatoms. The number of aryl methyl sites for hydroxylation is 1. The Balaban J connectivity index is 1.86. The van der Waals surface area contributed by atoms with Crippen molar-refractivity contribution < 1.29 is 31.2 Å². The Hall–Kier alpha value is -2.92. The van der Waals surface area contributed by atoms with Crippen LogP contribution >= 0.6 is 0 Å². The number of anilines is 1. The SMILES string of the molecule is Cc1ccc(S(=O)(=O)CCCCOC(=O)c2ccccc2NC(=O)NS(C)(=O)=O)cc1. The molecular formula is C20H24N2O7S2. The molecule has 9 nitrogen and oxygen atoms in total. The number of hydrogen-bond acceptors (Lipinski definition) is 7. The quantitative estimate of drug-likeness (QED) is 0.426. The number of sulfonamides is 1. The summed E-state index contributed by atoms with van der Waals surface area (Å²) in [7, 11) is -7.17. The van der Waals surface area contributed by atoms with Gasteiger partial charge in [0.05, 0.1) is 34.8 Å². The second-order valence-corrected chi connectivity index (χ2v) is 10.7. The van der Waals surface area contributed by atoms with Gasteiger partial charge in [-0.15, -0.1) is 0 Å². The number of esters is 1. The van der Waals surface area contributed by atoms with Gasteiger partial charge in [0.15, 0.2) is 9.84 Å². The third-order valence-electron chi connectivity index (χ3n) is 4.09. The van der Waals surface area contributed by atoms with E-state index in [1.54, 1.807) is 41.1 Å². The van der Waals surface area contributed by atoms with Gasteiger partial charge in [0.1, 0.15) is 0 Å². The van der Waals surface area contributed by atoms with E-state index in [4.69, 9.17) is 4.74 Å². The first-order valence-corrected chi connectivity index (χ1v) is 12.9. The van der Waals surface area contributed by atoms with Crippen LogP contribution in [0.2, 0.25) is 0 Å². The number of sulfone groups is 1. The van der Waals surface area contributed by atoms with Crippen LogP contribution in [0.1, 0.15) is 28.8 Å². The van der Waals surface area contributed by atoms with Crippen LogP contribution in [0.4, 0.5) is 10.5 Å². The summed E-state index contributed by atoms with van der Waals surface area (Å²) in [6.07, 6.45) is 1.47. The van der Waals surface area contributed by atoms with Gasteiger partial charge in [0.2, 0.25) is 10.0 Å². The number of carbonyl (C=O) groups is 2. The zero-order valence-electron chi connectivity index (χ0n) is 17.1. The molecule has 31 heavy (non-hydrogen) atoms. The second-order valence-electron chi connectivity index (χ2n) is 6.85. The van der Waals surface area contributed by atoms with Crippen LogP contribution in [0, 0.1) is 6.92 Å². The van der Waals surface area contributed by atoms with Gasteiger partial charge in [-0.25, -0.2) is 31.1 Å². The number of rotatable bonds is 9. The van der Waals surface area contributed by atoms with Gasteiger partial charge in [0.25, 0.3) is 0 Å². The predicted molar refractivity (Wildman–Crippen MR) is 116 cm³/mol. The second kappa shape index (κ2) is 10.4. The van der Waals surface area contributed by atoms with E-state index in [2.05, 4.69) is 5.32 Å². The molecule has 0 saturated carbocycles. The minimum atomic E-state index is -3.76. The highest BCUT2D eigenvalue weighted by atomic mass is 32.2. The lowest BCUT2D eigenvalue weighted by Gasteiger charge is -2.11.